The van der Waals surface area contributed by atoms with E-state index in [0.717, 1.165) is 18.4 Å². The molecule has 3 rings (SSSR count). The molecule has 0 radical (unpaired) electrons. The Labute approximate surface area is 128 Å². The first-order valence-corrected chi connectivity index (χ1v) is 7.31. The molecule has 6 heteroatoms. The van der Waals surface area contributed by atoms with Gasteiger partial charge in [0.25, 0.3) is 5.91 Å². The van der Waals surface area contributed by atoms with E-state index < -0.39 is 0 Å². The number of unbranched alkanes of at least 4 members (excludes halogenated alkanes) is 1. The lowest BCUT2D eigenvalue weighted by molar-refractivity contribution is 0.0783. The molecule has 2 aromatic rings. The van der Waals surface area contributed by atoms with Crippen LogP contribution in [0.25, 0.3) is 11.3 Å². The van der Waals surface area contributed by atoms with Crippen LogP contribution in [0.4, 0.5) is 0 Å². The number of rotatable bonds is 5. The van der Waals surface area contributed by atoms with Crippen LogP contribution in [0.15, 0.2) is 28.8 Å². The Morgan fingerprint density at radius 3 is 2.91 bits per heavy atom. The molecular formula is C16H18N2O4. The summed E-state index contributed by atoms with van der Waals surface area (Å²) < 4.78 is 15.9. The first-order valence-electron chi connectivity index (χ1n) is 7.31. The van der Waals surface area contributed by atoms with Crippen molar-refractivity contribution in [2.24, 2.45) is 0 Å². The molecule has 22 heavy (non-hydrogen) atoms. The smallest absolute Gasteiger partial charge is 0.275 e. The molecule has 0 saturated heterocycles. The van der Waals surface area contributed by atoms with Gasteiger partial charge in [-0.05, 0) is 24.6 Å². The van der Waals surface area contributed by atoms with Crippen molar-refractivity contribution >= 4 is 5.91 Å². The van der Waals surface area contributed by atoms with Gasteiger partial charge in [-0.2, -0.15) is 0 Å². The van der Waals surface area contributed by atoms with Gasteiger partial charge < -0.3 is 18.9 Å². The molecule has 1 aromatic heterocycles. The molecule has 0 unspecified atom stereocenters. The van der Waals surface area contributed by atoms with E-state index in [1.54, 1.807) is 18.0 Å². The van der Waals surface area contributed by atoms with Crippen molar-refractivity contribution in [2.45, 2.75) is 19.8 Å². The summed E-state index contributed by atoms with van der Waals surface area (Å²) in [5.41, 5.74) is 1.11. The Kier molecular flexibility index (Phi) is 4.00. The van der Waals surface area contributed by atoms with Crippen molar-refractivity contribution in [2.75, 3.05) is 20.4 Å². The quantitative estimate of drug-likeness (QED) is 0.849. The second-order valence-electron chi connectivity index (χ2n) is 5.22. The van der Waals surface area contributed by atoms with Crippen molar-refractivity contribution in [3.63, 3.8) is 0 Å². The molecule has 0 bridgehead atoms. The largest absolute Gasteiger partial charge is 0.454 e. The number of ether oxygens (including phenoxy) is 2. The SMILES string of the molecule is CCCCN(C)C(=O)c1cc(-c2ccc3c(c2)OCO3)on1. The number of fused-ring (bicyclic) bond motifs is 1. The van der Waals surface area contributed by atoms with E-state index in [4.69, 9.17) is 14.0 Å². The maximum absolute atomic E-state index is 12.2. The molecule has 0 saturated carbocycles. The highest BCUT2D eigenvalue weighted by atomic mass is 16.7. The fourth-order valence-corrected chi connectivity index (χ4v) is 2.25. The summed E-state index contributed by atoms with van der Waals surface area (Å²) in [6.07, 6.45) is 2.01. The number of nitrogens with zero attached hydrogens (tertiary/aromatic N) is 2. The molecule has 116 valence electrons. The third kappa shape index (κ3) is 2.77. The Morgan fingerprint density at radius 2 is 2.09 bits per heavy atom. The molecule has 6 nitrogen and oxygen atoms in total. The molecule has 0 aliphatic carbocycles. The fourth-order valence-electron chi connectivity index (χ4n) is 2.25. The topological polar surface area (TPSA) is 64.8 Å². The Morgan fingerprint density at radius 1 is 1.27 bits per heavy atom. The molecule has 2 heterocycles. The van der Waals surface area contributed by atoms with Gasteiger partial charge in [-0.25, -0.2) is 0 Å². The first-order chi connectivity index (χ1) is 10.7. The minimum absolute atomic E-state index is 0.135. The summed E-state index contributed by atoms with van der Waals surface area (Å²) in [6, 6.07) is 7.14. The van der Waals surface area contributed by atoms with E-state index in [9.17, 15) is 4.79 Å². The van der Waals surface area contributed by atoms with Crippen LogP contribution in [0.1, 0.15) is 30.3 Å². The predicted octanol–water partition coefficient (Wildman–Crippen LogP) is 2.94. The van der Waals surface area contributed by atoms with Crippen LogP contribution in [0, 0.1) is 0 Å². The standard InChI is InChI=1S/C16H18N2O4/c1-3-4-7-18(2)16(19)12-9-14(22-17-12)11-5-6-13-15(8-11)21-10-20-13/h5-6,8-9H,3-4,7,10H2,1-2H3. The van der Waals surface area contributed by atoms with Crippen LogP contribution in [0.3, 0.4) is 0 Å². The second kappa shape index (κ2) is 6.09. The minimum Gasteiger partial charge on any atom is -0.454 e. The second-order valence-corrected chi connectivity index (χ2v) is 5.22. The number of hydrogen-bond donors (Lipinski definition) is 0. The van der Waals surface area contributed by atoms with Crippen molar-refractivity contribution in [3.05, 3.63) is 30.0 Å². The summed E-state index contributed by atoms with van der Waals surface area (Å²) in [5, 5.41) is 3.88. The molecule has 1 aromatic carbocycles. The maximum atomic E-state index is 12.2. The first kappa shape index (κ1) is 14.4. The van der Waals surface area contributed by atoms with Gasteiger partial charge in [0.1, 0.15) is 0 Å². The zero-order chi connectivity index (χ0) is 15.5. The van der Waals surface area contributed by atoms with E-state index >= 15 is 0 Å². The van der Waals surface area contributed by atoms with Crippen molar-refractivity contribution < 1.29 is 18.8 Å². The van der Waals surface area contributed by atoms with E-state index in [-0.39, 0.29) is 12.7 Å². The third-order valence-corrected chi connectivity index (χ3v) is 3.58. The predicted molar refractivity (Wildman–Crippen MR) is 79.9 cm³/mol. The monoisotopic (exact) mass is 302 g/mol. The maximum Gasteiger partial charge on any atom is 0.275 e. The van der Waals surface area contributed by atoms with Crippen molar-refractivity contribution in [3.8, 4) is 22.8 Å². The summed E-state index contributed by atoms with van der Waals surface area (Å²) in [4.78, 5) is 13.9. The fraction of sp³-hybridized carbons (Fsp3) is 0.375. The lowest BCUT2D eigenvalue weighted by Crippen LogP contribution is -2.27. The molecule has 0 N–H and O–H groups in total. The Hall–Kier alpha value is -2.50. The summed E-state index contributed by atoms with van der Waals surface area (Å²) in [6.45, 7) is 3.02. The number of amides is 1. The molecule has 1 aliphatic rings. The molecule has 1 aliphatic heterocycles. The summed E-state index contributed by atoms with van der Waals surface area (Å²) >= 11 is 0. The van der Waals surface area contributed by atoms with Crippen LogP contribution in [0.5, 0.6) is 11.5 Å². The molecule has 0 atom stereocenters. The van der Waals surface area contributed by atoms with Gasteiger partial charge >= 0.3 is 0 Å². The minimum atomic E-state index is -0.135. The summed E-state index contributed by atoms with van der Waals surface area (Å²) in [5.74, 6) is 1.77. The van der Waals surface area contributed by atoms with E-state index in [1.165, 1.54) is 0 Å². The Balaban J connectivity index is 1.77. The lowest BCUT2D eigenvalue weighted by Gasteiger charge is -2.14. The summed E-state index contributed by atoms with van der Waals surface area (Å²) in [7, 11) is 1.77. The van der Waals surface area contributed by atoms with Crippen LogP contribution in [0.2, 0.25) is 0 Å². The van der Waals surface area contributed by atoms with E-state index in [2.05, 4.69) is 12.1 Å². The molecule has 0 fully saturated rings. The van der Waals surface area contributed by atoms with Gasteiger partial charge in [0, 0.05) is 25.2 Å². The van der Waals surface area contributed by atoms with Crippen LogP contribution in [-0.4, -0.2) is 36.3 Å². The molecule has 1 amide bonds. The number of carbonyl (C=O) groups is 1. The number of aromatic nitrogens is 1. The van der Waals surface area contributed by atoms with Crippen LogP contribution < -0.4 is 9.47 Å². The van der Waals surface area contributed by atoms with Gasteiger partial charge in [-0.3, -0.25) is 4.79 Å². The van der Waals surface area contributed by atoms with Crippen LogP contribution >= 0.6 is 0 Å². The average Bonchev–Trinajstić information content (AvgIpc) is 3.19. The number of benzene rings is 1. The van der Waals surface area contributed by atoms with Crippen molar-refractivity contribution in [1.29, 1.82) is 0 Å². The highest BCUT2D eigenvalue weighted by Crippen LogP contribution is 2.36. The lowest BCUT2D eigenvalue weighted by atomic mass is 10.1. The van der Waals surface area contributed by atoms with E-state index in [0.29, 0.717) is 29.5 Å². The zero-order valence-corrected chi connectivity index (χ0v) is 12.7. The zero-order valence-electron chi connectivity index (χ0n) is 12.7. The average molecular weight is 302 g/mol. The van der Waals surface area contributed by atoms with Crippen molar-refractivity contribution in [1.82, 2.24) is 10.1 Å². The van der Waals surface area contributed by atoms with Crippen LogP contribution in [-0.2, 0) is 0 Å². The van der Waals surface area contributed by atoms with E-state index in [1.807, 2.05) is 18.2 Å². The van der Waals surface area contributed by atoms with Gasteiger partial charge in [0.05, 0.1) is 0 Å². The number of hydrogen-bond acceptors (Lipinski definition) is 5. The highest BCUT2D eigenvalue weighted by Gasteiger charge is 2.19. The molecule has 0 spiro atoms. The highest BCUT2D eigenvalue weighted by molar-refractivity contribution is 5.93. The van der Waals surface area contributed by atoms with Gasteiger partial charge in [-0.15, -0.1) is 0 Å². The third-order valence-electron chi connectivity index (χ3n) is 3.58. The van der Waals surface area contributed by atoms with Gasteiger partial charge in [0.15, 0.2) is 23.0 Å². The molecular weight excluding hydrogens is 284 g/mol. The Bertz CT molecular complexity index is 681. The number of carbonyl (C=O) groups excluding carboxylic acids is 1. The van der Waals surface area contributed by atoms with Gasteiger partial charge in [0.2, 0.25) is 6.79 Å². The normalized spacial score (nSPS) is 12.5. The van der Waals surface area contributed by atoms with Gasteiger partial charge in [-0.1, -0.05) is 18.5 Å².